The highest BCUT2D eigenvalue weighted by atomic mass is 16.3. The first-order valence-electron chi connectivity index (χ1n) is 3.60. The number of ketones is 1. The van der Waals surface area contributed by atoms with Gasteiger partial charge in [-0.25, -0.2) is 0 Å². The predicted molar refractivity (Wildman–Crippen MR) is 47.3 cm³/mol. The third kappa shape index (κ3) is 1.72. The van der Waals surface area contributed by atoms with Gasteiger partial charge < -0.3 is 5.11 Å². The van der Waals surface area contributed by atoms with Crippen LogP contribution in [0.1, 0.15) is 17.3 Å². The van der Waals surface area contributed by atoms with E-state index in [1.54, 1.807) is 19.1 Å². The standard InChI is InChI=1S/C10H10O2/c1-7(2)10(12)8-4-3-5-9(11)6-8/h3-6,11H,1H2,2H3. The van der Waals surface area contributed by atoms with E-state index < -0.39 is 0 Å². The SMILES string of the molecule is C=C(C)C(=O)c1cccc(O)c1. The minimum absolute atomic E-state index is 0.0992. The molecular weight excluding hydrogens is 152 g/mol. The first kappa shape index (κ1) is 8.53. The first-order chi connectivity index (χ1) is 5.61. The lowest BCUT2D eigenvalue weighted by Crippen LogP contribution is -1.98. The lowest BCUT2D eigenvalue weighted by molar-refractivity contribution is 0.103. The number of allylic oxidation sites excluding steroid dienone is 1. The van der Waals surface area contributed by atoms with Crippen molar-refractivity contribution in [2.24, 2.45) is 0 Å². The fourth-order valence-corrected chi connectivity index (χ4v) is 0.894. The molecule has 0 heterocycles. The highest BCUT2D eigenvalue weighted by molar-refractivity contribution is 6.08. The van der Waals surface area contributed by atoms with Crippen molar-refractivity contribution in [3.05, 3.63) is 42.0 Å². The summed E-state index contributed by atoms with van der Waals surface area (Å²) in [6.45, 7) is 5.18. The van der Waals surface area contributed by atoms with Crippen LogP contribution >= 0.6 is 0 Å². The number of aromatic hydroxyl groups is 1. The van der Waals surface area contributed by atoms with Crippen LogP contribution in [0.25, 0.3) is 0 Å². The maximum atomic E-state index is 11.3. The minimum Gasteiger partial charge on any atom is -0.508 e. The van der Waals surface area contributed by atoms with Gasteiger partial charge >= 0.3 is 0 Å². The van der Waals surface area contributed by atoms with Gasteiger partial charge in [-0.2, -0.15) is 0 Å². The largest absolute Gasteiger partial charge is 0.508 e. The third-order valence-corrected chi connectivity index (χ3v) is 1.50. The average Bonchev–Trinajstić information content (AvgIpc) is 2.03. The smallest absolute Gasteiger partial charge is 0.188 e. The molecule has 1 aromatic rings. The Hall–Kier alpha value is -1.57. The van der Waals surface area contributed by atoms with Gasteiger partial charge in [0, 0.05) is 5.56 Å². The van der Waals surface area contributed by atoms with E-state index in [0.717, 1.165) is 0 Å². The van der Waals surface area contributed by atoms with Gasteiger partial charge in [0.05, 0.1) is 0 Å². The summed E-state index contributed by atoms with van der Waals surface area (Å²) in [5.41, 5.74) is 0.947. The molecule has 0 saturated heterocycles. The number of phenols is 1. The molecule has 2 heteroatoms. The van der Waals surface area contributed by atoms with Crippen molar-refractivity contribution in [2.45, 2.75) is 6.92 Å². The second-order valence-electron chi connectivity index (χ2n) is 2.66. The average molecular weight is 162 g/mol. The maximum Gasteiger partial charge on any atom is 0.188 e. The van der Waals surface area contributed by atoms with E-state index in [-0.39, 0.29) is 11.5 Å². The Morgan fingerprint density at radius 2 is 2.17 bits per heavy atom. The van der Waals surface area contributed by atoms with Crippen molar-refractivity contribution in [3.63, 3.8) is 0 Å². The van der Waals surface area contributed by atoms with Crippen molar-refractivity contribution in [1.82, 2.24) is 0 Å². The van der Waals surface area contributed by atoms with Crippen LogP contribution in [0.2, 0.25) is 0 Å². The van der Waals surface area contributed by atoms with E-state index in [4.69, 9.17) is 5.11 Å². The lowest BCUT2D eigenvalue weighted by Gasteiger charge is -1.99. The van der Waals surface area contributed by atoms with Gasteiger partial charge in [0.25, 0.3) is 0 Å². The van der Waals surface area contributed by atoms with Gasteiger partial charge in [-0.1, -0.05) is 18.7 Å². The fourth-order valence-electron chi connectivity index (χ4n) is 0.894. The van der Waals surface area contributed by atoms with Crippen molar-refractivity contribution in [2.75, 3.05) is 0 Å². The number of hydrogen-bond donors (Lipinski definition) is 1. The number of Topliss-reactive ketones (excluding diaryl/α,β-unsaturated/α-hetero) is 1. The number of rotatable bonds is 2. The normalized spacial score (nSPS) is 9.42. The summed E-state index contributed by atoms with van der Waals surface area (Å²) in [4.78, 5) is 11.3. The van der Waals surface area contributed by atoms with Crippen LogP contribution in [0.3, 0.4) is 0 Å². The van der Waals surface area contributed by atoms with Gasteiger partial charge in [0.2, 0.25) is 0 Å². The molecule has 0 aliphatic rings. The summed E-state index contributed by atoms with van der Waals surface area (Å²) in [6, 6.07) is 6.23. The molecule has 0 aliphatic carbocycles. The van der Waals surface area contributed by atoms with E-state index in [1.165, 1.54) is 12.1 Å². The molecule has 2 nitrogen and oxygen atoms in total. The van der Waals surface area contributed by atoms with E-state index in [0.29, 0.717) is 11.1 Å². The Bertz CT molecular complexity index is 326. The molecule has 12 heavy (non-hydrogen) atoms. The van der Waals surface area contributed by atoms with Crippen LogP contribution in [0, 0.1) is 0 Å². The topological polar surface area (TPSA) is 37.3 Å². The Morgan fingerprint density at radius 3 is 2.67 bits per heavy atom. The monoisotopic (exact) mass is 162 g/mol. The van der Waals surface area contributed by atoms with E-state index in [1.807, 2.05) is 0 Å². The molecule has 1 N–H and O–H groups in total. The summed E-state index contributed by atoms with van der Waals surface area (Å²) in [5, 5.41) is 9.06. The zero-order valence-electron chi connectivity index (χ0n) is 6.87. The Kier molecular flexibility index (Phi) is 2.29. The third-order valence-electron chi connectivity index (χ3n) is 1.50. The highest BCUT2D eigenvalue weighted by Gasteiger charge is 2.05. The summed E-state index contributed by atoms with van der Waals surface area (Å²) >= 11 is 0. The molecule has 0 unspecified atom stereocenters. The Labute approximate surface area is 71.2 Å². The number of carbonyl (C=O) groups excluding carboxylic acids is 1. The summed E-state index contributed by atoms with van der Waals surface area (Å²) < 4.78 is 0. The van der Waals surface area contributed by atoms with Crippen LogP contribution in [0.15, 0.2) is 36.4 Å². The molecule has 0 aromatic heterocycles. The van der Waals surface area contributed by atoms with Gasteiger partial charge in [-0.15, -0.1) is 0 Å². The number of phenolic OH excluding ortho intramolecular Hbond substituents is 1. The van der Waals surface area contributed by atoms with Crippen LogP contribution in [-0.2, 0) is 0 Å². The van der Waals surface area contributed by atoms with Crippen molar-refractivity contribution < 1.29 is 9.90 Å². The molecule has 62 valence electrons. The molecule has 1 aromatic carbocycles. The molecule has 0 radical (unpaired) electrons. The van der Waals surface area contributed by atoms with Crippen LogP contribution in [-0.4, -0.2) is 10.9 Å². The fraction of sp³-hybridized carbons (Fsp3) is 0.100. The number of benzene rings is 1. The lowest BCUT2D eigenvalue weighted by atomic mass is 10.1. The van der Waals surface area contributed by atoms with Crippen LogP contribution in [0.5, 0.6) is 5.75 Å². The van der Waals surface area contributed by atoms with Gasteiger partial charge in [0.15, 0.2) is 5.78 Å². The van der Waals surface area contributed by atoms with Crippen LogP contribution < -0.4 is 0 Å². The summed E-state index contributed by atoms with van der Waals surface area (Å²) in [6.07, 6.45) is 0. The minimum atomic E-state index is -0.133. The maximum absolute atomic E-state index is 11.3. The molecule has 1 rings (SSSR count). The number of hydrogen-bond acceptors (Lipinski definition) is 2. The van der Waals surface area contributed by atoms with Crippen molar-refractivity contribution in [3.8, 4) is 5.75 Å². The van der Waals surface area contributed by atoms with E-state index in [2.05, 4.69) is 6.58 Å². The van der Waals surface area contributed by atoms with E-state index >= 15 is 0 Å². The Morgan fingerprint density at radius 1 is 1.50 bits per heavy atom. The molecule has 0 amide bonds. The molecule has 0 atom stereocenters. The summed E-state index contributed by atoms with van der Waals surface area (Å²) in [5.74, 6) is -0.0343. The molecule has 0 bridgehead atoms. The molecule has 0 fully saturated rings. The predicted octanol–water partition coefficient (Wildman–Crippen LogP) is 2.15. The van der Waals surface area contributed by atoms with Gasteiger partial charge in [-0.3, -0.25) is 4.79 Å². The highest BCUT2D eigenvalue weighted by Crippen LogP contribution is 2.13. The molecule has 0 spiro atoms. The molecule has 0 saturated carbocycles. The summed E-state index contributed by atoms with van der Waals surface area (Å²) in [7, 11) is 0. The van der Waals surface area contributed by atoms with E-state index in [9.17, 15) is 4.79 Å². The zero-order chi connectivity index (χ0) is 9.14. The number of carbonyl (C=O) groups is 1. The van der Waals surface area contributed by atoms with Crippen molar-refractivity contribution in [1.29, 1.82) is 0 Å². The second-order valence-corrected chi connectivity index (χ2v) is 2.66. The first-order valence-corrected chi connectivity index (χ1v) is 3.60. The zero-order valence-corrected chi connectivity index (χ0v) is 6.87. The molecular formula is C10H10O2. The van der Waals surface area contributed by atoms with Gasteiger partial charge in [0.1, 0.15) is 5.75 Å². The second kappa shape index (κ2) is 3.22. The quantitative estimate of drug-likeness (QED) is 0.534. The Balaban J connectivity index is 3.04. The van der Waals surface area contributed by atoms with Crippen LogP contribution in [0.4, 0.5) is 0 Å². The van der Waals surface area contributed by atoms with Crippen molar-refractivity contribution >= 4 is 5.78 Å². The van der Waals surface area contributed by atoms with Gasteiger partial charge in [-0.05, 0) is 24.6 Å². The molecule has 0 aliphatic heterocycles.